The second kappa shape index (κ2) is 7.49. The minimum atomic E-state index is -4.85. The molecule has 0 saturated carbocycles. The van der Waals surface area contributed by atoms with Gasteiger partial charge in [0.05, 0.1) is 15.9 Å². The highest BCUT2D eigenvalue weighted by molar-refractivity contribution is 5.87. The molecule has 0 saturated heterocycles. The summed E-state index contributed by atoms with van der Waals surface area (Å²) in [4.78, 5) is 24.3. The van der Waals surface area contributed by atoms with Gasteiger partial charge in [0.1, 0.15) is 13.2 Å². The summed E-state index contributed by atoms with van der Waals surface area (Å²) in [5.74, 6) is 1.13. The molecule has 162 valence electrons. The molecule has 1 aromatic heterocycles. The zero-order valence-corrected chi connectivity index (χ0v) is 16.1. The third-order valence-electron chi connectivity index (χ3n) is 4.72. The summed E-state index contributed by atoms with van der Waals surface area (Å²) in [5.41, 5.74) is -2.79. The van der Waals surface area contributed by atoms with Crippen molar-refractivity contribution in [3.8, 4) is 11.5 Å². The monoisotopic (exact) mass is 436 g/mol. The highest BCUT2D eigenvalue weighted by Gasteiger charge is 2.34. The molecule has 0 amide bonds. The minimum Gasteiger partial charge on any atom is -0.486 e. The fourth-order valence-corrected chi connectivity index (χ4v) is 3.25. The molecule has 0 atom stereocenters. The molecule has 2 heterocycles. The lowest BCUT2D eigenvalue weighted by Gasteiger charge is -2.21. The highest BCUT2D eigenvalue weighted by atomic mass is 19.4. The van der Waals surface area contributed by atoms with Crippen LogP contribution in [0.2, 0.25) is 0 Å². The molecule has 0 unspecified atom stereocenters. The van der Waals surface area contributed by atoms with Gasteiger partial charge in [-0.15, -0.1) is 0 Å². The Morgan fingerprint density at radius 1 is 1.10 bits per heavy atom. The molecule has 0 fully saturated rings. The van der Waals surface area contributed by atoms with Crippen LogP contribution in [0.4, 0.5) is 24.7 Å². The highest BCUT2D eigenvalue weighted by Crippen LogP contribution is 2.37. The van der Waals surface area contributed by atoms with Crippen LogP contribution in [-0.2, 0) is 12.7 Å². The molecular formula is C20H15F3N2O6. The number of nitrogens with zero attached hydrogens (tertiary/aromatic N) is 2. The Balaban J connectivity index is 1.73. The summed E-state index contributed by atoms with van der Waals surface area (Å²) in [5, 5.41) is 10.8. The molecule has 31 heavy (non-hydrogen) atoms. The van der Waals surface area contributed by atoms with E-state index in [4.69, 9.17) is 13.9 Å². The molecule has 11 heteroatoms. The number of non-ortho nitro benzene ring substituents is 1. The van der Waals surface area contributed by atoms with Crippen LogP contribution >= 0.6 is 0 Å². The Morgan fingerprint density at radius 3 is 2.48 bits per heavy atom. The van der Waals surface area contributed by atoms with Crippen LogP contribution in [0.5, 0.6) is 11.5 Å². The van der Waals surface area contributed by atoms with Gasteiger partial charge in [0.25, 0.3) is 0 Å². The van der Waals surface area contributed by atoms with E-state index in [2.05, 4.69) is 0 Å². The average Bonchev–Trinajstić information content (AvgIpc) is 2.72. The minimum absolute atomic E-state index is 0.0322. The maximum atomic E-state index is 13.1. The third kappa shape index (κ3) is 3.98. The van der Waals surface area contributed by atoms with Crippen LogP contribution < -0.4 is 19.8 Å². The van der Waals surface area contributed by atoms with Gasteiger partial charge in [0, 0.05) is 25.7 Å². The van der Waals surface area contributed by atoms with Crippen molar-refractivity contribution in [3.05, 3.63) is 67.9 Å². The summed E-state index contributed by atoms with van der Waals surface area (Å²) in [6.07, 6.45) is -4.85. The number of rotatable bonds is 4. The molecule has 0 spiro atoms. The fourth-order valence-electron chi connectivity index (χ4n) is 3.25. The first-order valence-electron chi connectivity index (χ1n) is 9.06. The number of anilines is 1. The number of fused-ring (bicyclic) bond motifs is 2. The Kier molecular flexibility index (Phi) is 4.96. The van der Waals surface area contributed by atoms with Gasteiger partial charge in [-0.2, -0.15) is 13.2 Å². The van der Waals surface area contributed by atoms with E-state index in [0.29, 0.717) is 36.8 Å². The second-order valence-corrected chi connectivity index (χ2v) is 6.91. The van der Waals surface area contributed by atoms with Gasteiger partial charge in [0.15, 0.2) is 22.8 Å². The third-order valence-corrected chi connectivity index (χ3v) is 4.72. The van der Waals surface area contributed by atoms with E-state index in [0.717, 1.165) is 11.6 Å². The lowest BCUT2D eigenvalue weighted by atomic mass is 10.1. The Labute approximate surface area is 172 Å². The van der Waals surface area contributed by atoms with Crippen LogP contribution in [0.25, 0.3) is 11.0 Å². The van der Waals surface area contributed by atoms with E-state index in [1.165, 1.54) is 4.90 Å². The lowest BCUT2D eigenvalue weighted by Crippen LogP contribution is -2.19. The Bertz CT molecular complexity index is 1240. The smallest absolute Gasteiger partial charge is 0.416 e. The Morgan fingerprint density at radius 2 is 1.81 bits per heavy atom. The summed E-state index contributed by atoms with van der Waals surface area (Å²) in [6, 6.07) is 7.18. The van der Waals surface area contributed by atoms with E-state index in [9.17, 15) is 28.1 Å². The first kappa shape index (κ1) is 20.5. The van der Waals surface area contributed by atoms with Gasteiger partial charge in [-0.25, -0.2) is 0 Å². The standard InChI is InChI=1S/C20H15F3N2O6/c1-24(10-11-2-3-16-17(6-11)30-5-4-29-16)18-9-15(26)13-7-12(20(21,22)23)8-14(25(27)28)19(13)31-18/h2-3,6-9H,4-5,10H2,1H3. The number of nitro benzene ring substituents is 1. The zero-order chi connectivity index (χ0) is 22.3. The molecule has 1 aliphatic heterocycles. The number of benzene rings is 2. The SMILES string of the molecule is CN(Cc1ccc2c(c1)OCCO2)c1cc(=O)c2cc(C(F)(F)F)cc([N+](=O)[O-])c2o1. The predicted octanol–water partition coefficient (Wildman–Crippen LogP) is 4.13. The second-order valence-electron chi connectivity index (χ2n) is 6.91. The largest absolute Gasteiger partial charge is 0.486 e. The number of alkyl halides is 3. The van der Waals surface area contributed by atoms with Crippen molar-refractivity contribution in [1.82, 2.24) is 0 Å². The number of ether oxygens (including phenoxy) is 2. The topological polar surface area (TPSA) is 95.0 Å². The van der Waals surface area contributed by atoms with Crippen molar-refractivity contribution < 1.29 is 32.0 Å². The number of halogens is 3. The molecule has 4 rings (SSSR count). The summed E-state index contributed by atoms with van der Waals surface area (Å²) < 4.78 is 55.7. The molecule has 0 bridgehead atoms. The number of hydrogen-bond donors (Lipinski definition) is 0. The summed E-state index contributed by atoms with van der Waals surface area (Å²) in [6.45, 7) is 1.10. The molecule has 1 aliphatic rings. The lowest BCUT2D eigenvalue weighted by molar-refractivity contribution is -0.383. The van der Waals surface area contributed by atoms with E-state index in [-0.39, 0.29) is 12.4 Å². The summed E-state index contributed by atoms with van der Waals surface area (Å²) in [7, 11) is 1.58. The van der Waals surface area contributed by atoms with E-state index in [1.54, 1.807) is 25.2 Å². The van der Waals surface area contributed by atoms with Gasteiger partial charge in [-0.3, -0.25) is 14.9 Å². The number of nitro groups is 1. The van der Waals surface area contributed by atoms with E-state index in [1.807, 2.05) is 0 Å². The van der Waals surface area contributed by atoms with Crippen molar-refractivity contribution in [3.63, 3.8) is 0 Å². The van der Waals surface area contributed by atoms with Crippen molar-refractivity contribution in [1.29, 1.82) is 0 Å². The van der Waals surface area contributed by atoms with Crippen LogP contribution in [0.1, 0.15) is 11.1 Å². The molecule has 2 aromatic carbocycles. The first-order chi connectivity index (χ1) is 14.6. The van der Waals surface area contributed by atoms with Crippen LogP contribution in [0.15, 0.2) is 45.6 Å². The number of hydrogen-bond acceptors (Lipinski definition) is 7. The van der Waals surface area contributed by atoms with Gasteiger partial charge in [0.2, 0.25) is 5.58 Å². The predicted molar refractivity (Wildman–Crippen MR) is 104 cm³/mol. The fraction of sp³-hybridized carbons (Fsp3) is 0.250. The quantitative estimate of drug-likeness (QED) is 0.448. The molecule has 3 aromatic rings. The molecule has 8 nitrogen and oxygen atoms in total. The van der Waals surface area contributed by atoms with E-state index < -0.39 is 38.7 Å². The van der Waals surface area contributed by atoms with Crippen LogP contribution in [0, 0.1) is 10.1 Å². The van der Waals surface area contributed by atoms with Gasteiger partial charge in [-0.05, 0) is 23.8 Å². The Hall–Kier alpha value is -3.76. The molecule has 0 aliphatic carbocycles. The maximum absolute atomic E-state index is 13.1. The van der Waals surface area contributed by atoms with Crippen molar-refractivity contribution in [2.24, 2.45) is 0 Å². The molecular weight excluding hydrogens is 421 g/mol. The van der Waals surface area contributed by atoms with Crippen LogP contribution in [-0.4, -0.2) is 25.2 Å². The van der Waals surface area contributed by atoms with Crippen molar-refractivity contribution >= 4 is 22.5 Å². The van der Waals surface area contributed by atoms with Gasteiger partial charge < -0.3 is 18.8 Å². The van der Waals surface area contributed by atoms with Gasteiger partial charge >= 0.3 is 11.9 Å². The average molecular weight is 436 g/mol. The maximum Gasteiger partial charge on any atom is 0.416 e. The molecule has 0 N–H and O–H groups in total. The van der Waals surface area contributed by atoms with Crippen LogP contribution in [0.3, 0.4) is 0 Å². The first-order valence-corrected chi connectivity index (χ1v) is 9.06. The van der Waals surface area contributed by atoms with Crippen molar-refractivity contribution in [2.75, 3.05) is 25.2 Å². The van der Waals surface area contributed by atoms with Gasteiger partial charge in [-0.1, -0.05) is 6.07 Å². The zero-order valence-electron chi connectivity index (χ0n) is 16.1. The summed E-state index contributed by atoms with van der Waals surface area (Å²) >= 11 is 0. The normalized spacial score (nSPS) is 13.3. The molecule has 0 radical (unpaired) electrons. The van der Waals surface area contributed by atoms with E-state index >= 15 is 0 Å². The van der Waals surface area contributed by atoms with Crippen molar-refractivity contribution in [2.45, 2.75) is 12.7 Å².